The summed E-state index contributed by atoms with van der Waals surface area (Å²) in [7, 11) is 0. The van der Waals surface area contributed by atoms with Gasteiger partial charge in [-0.3, -0.25) is 15.1 Å². The van der Waals surface area contributed by atoms with Gasteiger partial charge in [-0.2, -0.15) is 0 Å². The standard InChI is InChI=1S/C19H13ClN2O3/c20-14-7-5-13(6-8-14)18(23)16-3-1-2-4-17(16)22-19(24)25-15-9-11-21-12-10-15/h1-12H,(H,22,24). The first-order valence-electron chi connectivity index (χ1n) is 7.41. The quantitative estimate of drug-likeness (QED) is 0.698. The number of hydrogen-bond acceptors (Lipinski definition) is 4. The highest BCUT2D eigenvalue weighted by Gasteiger charge is 2.15. The predicted octanol–water partition coefficient (Wildman–Crippen LogP) is 4.58. The Balaban J connectivity index is 1.80. The van der Waals surface area contributed by atoms with Crippen molar-refractivity contribution in [3.63, 3.8) is 0 Å². The molecule has 0 spiro atoms. The molecule has 0 aliphatic rings. The molecule has 0 aliphatic carbocycles. The molecule has 2 aromatic carbocycles. The van der Waals surface area contributed by atoms with Crippen LogP contribution < -0.4 is 10.1 Å². The number of nitrogens with zero attached hydrogens (tertiary/aromatic N) is 1. The van der Waals surface area contributed by atoms with E-state index in [4.69, 9.17) is 16.3 Å². The first-order chi connectivity index (χ1) is 12.1. The third-order valence-electron chi connectivity index (χ3n) is 3.38. The lowest BCUT2D eigenvalue weighted by Crippen LogP contribution is -2.19. The monoisotopic (exact) mass is 352 g/mol. The van der Waals surface area contributed by atoms with E-state index in [-0.39, 0.29) is 5.78 Å². The molecule has 0 radical (unpaired) electrons. The zero-order valence-electron chi connectivity index (χ0n) is 13.0. The number of carbonyl (C=O) groups is 2. The van der Waals surface area contributed by atoms with E-state index in [0.29, 0.717) is 27.6 Å². The number of carbonyl (C=O) groups excluding carboxylic acids is 2. The van der Waals surface area contributed by atoms with Gasteiger partial charge in [0.1, 0.15) is 5.75 Å². The molecule has 1 N–H and O–H groups in total. The summed E-state index contributed by atoms with van der Waals surface area (Å²) in [5.41, 5.74) is 1.19. The number of halogens is 1. The van der Waals surface area contributed by atoms with Crippen LogP contribution in [0, 0.1) is 0 Å². The van der Waals surface area contributed by atoms with Crippen LogP contribution in [0.25, 0.3) is 0 Å². The third kappa shape index (κ3) is 4.22. The number of aromatic nitrogens is 1. The fourth-order valence-corrected chi connectivity index (χ4v) is 2.32. The fourth-order valence-electron chi connectivity index (χ4n) is 2.20. The Hall–Kier alpha value is -3.18. The molecule has 0 saturated heterocycles. The van der Waals surface area contributed by atoms with Gasteiger partial charge in [-0.15, -0.1) is 0 Å². The lowest BCUT2D eigenvalue weighted by atomic mass is 10.0. The van der Waals surface area contributed by atoms with Crippen molar-refractivity contribution >= 4 is 29.2 Å². The zero-order valence-corrected chi connectivity index (χ0v) is 13.7. The second kappa shape index (κ2) is 7.59. The van der Waals surface area contributed by atoms with Crippen molar-refractivity contribution in [2.45, 2.75) is 0 Å². The van der Waals surface area contributed by atoms with E-state index in [1.54, 1.807) is 60.7 Å². The minimum Gasteiger partial charge on any atom is -0.410 e. The minimum atomic E-state index is -0.692. The summed E-state index contributed by atoms with van der Waals surface area (Å²) in [6.07, 6.45) is 2.34. The van der Waals surface area contributed by atoms with Crippen molar-refractivity contribution in [2.24, 2.45) is 0 Å². The normalized spacial score (nSPS) is 10.1. The third-order valence-corrected chi connectivity index (χ3v) is 3.63. The van der Waals surface area contributed by atoms with E-state index >= 15 is 0 Å². The van der Waals surface area contributed by atoms with Gasteiger partial charge in [0.15, 0.2) is 5.78 Å². The summed E-state index contributed by atoms with van der Waals surface area (Å²) in [6.45, 7) is 0. The van der Waals surface area contributed by atoms with Crippen molar-refractivity contribution in [3.8, 4) is 5.75 Å². The van der Waals surface area contributed by atoms with E-state index < -0.39 is 6.09 Å². The second-order valence-corrected chi connectivity index (χ2v) is 5.52. The molecule has 1 aromatic heterocycles. The molecule has 25 heavy (non-hydrogen) atoms. The van der Waals surface area contributed by atoms with Gasteiger partial charge in [0, 0.05) is 28.5 Å². The Morgan fingerprint density at radius 1 is 0.920 bits per heavy atom. The average molecular weight is 353 g/mol. The van der Waals surface area contributed by atoms with Gasteiger partial charge in [-0.25, -0.2) is 4.79 Å². The van der Waals surface area contributed by atoms with Crippen LogP contribution in [0.15, 0.2) is 73.1 Å². The molecule has 6 heteroatoms. The van der Waals surface area contributed by atoms with Crippen molar-refractivity contribution < 1.29 is 14.3 Å². The fraction of sp³-hybridized carbons (Fsp3) is 0. The summed E-state index contributed by atoms with van der Waals surface area (Å²) >= 11 is 5.85. The predicted molar refractivity (Wildman–Crippen MR) is 95.2 cm³/mol. The Kier molecular flexibility index (Phi) is 5.06. The van der Waals surface area contributed by atoms with Gasteiger partial charge in [0.25, 0.3) is 0 Å². The maximum Gasteiger partial charge on any atom is 0.417 e. The van der Waals surface area contributed by atoms with Crippen LogP contribution in [0.3, 0.4) is 0 Å². The van der Waals surface area contributed by atoms with Crippen molar-refractivity contribution in [2.75, 3.05) is 5.32 Å². The van der Waals surface area contributed by atoms with Gasteiger partial charge in [-0.1, -0.05) is 23.7 Å². The summed E-state index contributed by atoms with van der Waals surface area (Å²) in [6, 6.07) is 16.4. The molecule has 1 amide bonds. The van der Waals surface area contributed by atoms with E-state index in [0.717, 1.165) is 0 Å². The smallest absolute Gasteiger partial charge is 0.410 e. The number of hydrogen-bond donors (Lipinski definition) is 1. The number of nitrogens with one attached hydrogen (secondary N) is 1. The Morgan fingerprint density at radius 2 is 1.60 bits per heavy atom. The highest BCUT2D eigenvalue weighted by atomic mass is 35.5. The molecular formula is C19H13ClN2O3. The van der Waals surface area contributed by atoms with Crippen LogP contribution in [0.2, 0.25) is 5.02 Å². The SMILES string of the molecule is O=C(Nc1ccccc1C(=O)c1ccc(Cl)cc1)Oc1ccncc1. The molecule has 3 aromatic rings. The zero-order chi connectivity index (χ0) is 17.6. The molecule has 0 saturated carbocycles. The molecule has 0 aliphatic heterocycles. The molecular weight excluding hydrogens is 340 g/mol. The average Bonchev–Trinajstić information content (AvgIpc) is 2.63. The van der Waals surface area contributed by atoms with E-state index in [2.05, 4.69) is 10.3 Å². The number of pyridine rings is 1. The van der Waals surface area contributed by atoms with Gasteiger partial charge in [0.05, 0.1) is 5.69 Å². The highest BCUT2D eigenvalue weighted by molar-refractivity contribution is 6.30. The molecule has 0 unspecified atom stereocenters. The van der Waals surface area contributed by atoms with Crippen molar-refractivity contribution in [1.82, 2.24) is 4.98 Å². The second-order valence-electron chi connectivity index (χ2n) is 5.08. The lowest BCUT2D eigenvalue weighted by molar-refractivity contribution is 0.103. The molecule has 0 fully saturated rings. The van der Waals surface area contributed by atoms with Gasteiger partial charge in [-0.05, 0) is 48.5 Å². The molecule has 124 valence electrons. The van der Waals surface area contributed by atoms with Crippen LogP contribution >= 0.6 is 11.6 Å². The Labute approximate surface area is 149 Å². The van der Waals surface area contributed by atoms with E-state index in [9.17, 15) is 9.59 Å². The number of anilines is 1. The number of amides is 1. The Bertz CT molecular complexity index is 896. The topological polar surface area (TPSA) is 68.3 Å². The van der Waals surface area contributed by atoms with Gasteiger partial charge in [0.2, 0.25) is 0 Å². The van der Waals surface area contributed by atoms with Crippen molar-refractivity contribution in [3.05, 3.63) is 89.2 Å². The maximum atomic E-state index is 12.7. The van der Waals surface area contributed by atoms with Crippen LogP contribution in [0.4, 0.5) is 10.5 Å². The Morgan fingerprint density at radius 3 is 2.32 bits per heavy atom. The number of para-hydroxylation sites is 1. The number of ether oxygens (including phenoxy) is 1. The summed E-state index contributed by atoms with van der Waals surface area (Å²) in [4.78, 5) is 28.6. The van der Waals surface area contributed by atoms with Crippen LogP contribution in [0.1, 0.15) is 15.9 Å². The van der Waals surface area contributed by atoms with E-state index in [1.807, 2.05) is 0 Å². The molecule has 1 heterocycles. The molecule has 0 atom stereocenters. The largest absolute Gasteiger partial charge is 0.417 e. The molecule has 0 bridgehead atoms. The first kappa shape index (κ1) is 16.7. The maximum absolute atomic E-state index is 12.7. The number of rotatable bonds is 4. The summed E-state index contributed by atoms with van der Waals surface area (Å²) in [5, 5.41) is 3.14. The molecule has 5 nitrogen and oxygen atoms in total. The minimum absolute atomic E-state index is 0.225. The van der Waals surface area contributed by atoms with Gasteiger partial charge >= 0.3 is 6.09 Å². The highest BCUT2D eigenvalue weighted by Crippen LogP contribution is 2.21. The number of ketones is 1. The van der Waals surface area contributed by atoms with Gasteiger partial charge < -0.3 is 4.74 Å². The first-order valence-corrected chi connectivity index (χ1v) is 7.79. The van der Waals surface area contributed by atoms with Crippen LogP contribution in [-0.2, 0) is 0 Å². The van der Waals surface area contributed by atoms with Crippen LogP contribution in [-0.4, -0.2) is 16.9 Å². The number of benzene rings is 2. The van der Waals surface area contributed by atoms with E-state index in [1.165, 1.54) is 12.4 Å². The summed E-state index contributed by atoms with van der Waals surface area (Å²) in [5.74, 6) is 0.130. The lowest BCUT2D eigenvalue weighted by Gasteiger charge is -2.10. The summed E-state index contributed by atoms with van der Waals surface area (Å²) < 4.78 is 5.16. The van der Waals surface area contributed by atoms with Crippen LogP contribution in [0.5, 0.6) is 5.75 Å². The molecule has 3 rings (SSSR count). The van der Waals surface area contributed by atoms with Crippen molar-refractivity contribution in [1.29, 1.82) is 0 Å².